The van der Waals surface area contributed by atoms with Gasteiger partial charge in [-0.2, -0.15) is 0 Å². The van der Waals surface area contributed by atoms with E-state index in [2.05, 4.69) is 33.1 Å². The zero-order valence-corrected chi connectivity index (χ0v) is 16.4. The second-order valence-corrected chi connectivity index (χ2v) is 7.66. The van der Waals surface area contributed by atoms with E-state index in [0.717, 1.165) is 45.6 Å². The van der Waals surface area contributed by atoms with Crippen LogP contribution in [0.5, 0.6) is 5.75 Å². The number of aromatic nitrogens is 2. The molecule has 1 unspecified atom stereocenters. The van der Waals surface area contributed by atoms with E-state index in [1.54, 1.807) is 12.1 Å². The maximum Gasteiger partial charge on any atom is 0.124 e. The van der Waals surface area contributed by atoms with Crippen LogP contribution in [0.1, 0.15) is 17.3 Å². The molecule has 0 spiro atoms. The van der Waals surface area contributed by atoms with Gasteiger partial charge >= 0.3 is 0 Å². The first kappa shape index (κ1) is 17.0. The van der Waals surface area contributed by atoms with Crippen LogP contribution in [-0.4, -0.2) is 16.2 Å². The molecule has 0 amide bonds. The molecule has 1 aromatic heterocycles. The Balaban J connectivity index is 1.75. The molecule has 2 heterocycles. The SMILES string of the molecule is C=CCOc1ccc(Cl)c(Cl)c1C1Cc2nc3c(Br)cccc3n2C1. The molecule has 0 aliphatic carbocycles. The Morgan fingerprint density at radius 1 is 1.32 bits per heavy atom. The summed E-state index contributed by atoms with van der Waals surface area (Å²) in [7, 11) is 0. The molecule has 4 rings (SSSR count). The molecule has 0 saturated carbocycles. The highest BCUT2D eigenvalue weighted by molar-refractivity contribution is 9.10. The number of hydrogen-bond donors (Lipinski definition) is 0. The fourth-order valence-corrected chi connectivity index (χ4v) is 4.34. The number of rotatable bonds is 4. The summed E-state index contributed by atoms with van der Waals surface area (Å²) in [5.41, 5.74) is 3.07. The third-order valence-corrected chi connectivity index (χ3v) is 5.96. The molecular formula is C19H15BrCl2N2O. The van der Waals surface area contributed by atoms with E-state index in [1.165, 1.54) is 0 Å². The highest BCUT2D eigenvalue weighted by atomic mass is 79.9. The van der Waals surface area contributed by atoms with E-state index in [0.29, 0.717) is 16.7 Å². The predicted octanol–water partition coefficient (Wildman–Crippen LogP) is 6.01. The van der Waals surface area contributed by atoms with Gasteiger partial charge in [-0.05, 0) is 40.2 Å². The van der Waals surface area contributed by atoms with Gasteiger partial charge < -0.3 is 9.30 Å². The van der Waals surface area contributed by atoms with Crippen LogP contribution in [0.3, 0.4) is 0 Å². The molecule has 3 nitrogen and oxygen atoms in total. The van der Waals surface area contributed by atoms with Crippen molar-refractivity contribution in [3.63, 3.8) is 0 Å². The molecular weight excluding hydrogens is 423 g/mol. The van der Waals surface area contributed by atoms with Gasteiger partial charge in [-0.3, -0.25) is 0 Å². The first-order valence-electron chi connectivity index (χ1n) is 7.95. The van der Waals surface area contributed by atoms with Crippen LogP contribution in [0.4, 0.5) is 0 Å². The number of benzene rings is 2. The predicted molar refractivity (Wildman–Crippen MR) is 106 cm³/mol. The smallest absolute Gasteiger partial charge is 0.124 e. The number of nitrogens with zero attached hydrogens (tertiary/aromatic N) is 2. The van der Waals surface area contributed by atoms with Crippen molar-refractivity contribution in [3.05, 3.63) is 68.9 Å². The molecule has 1 aliphatic heterocycles. The minimum atomic E-state index is 0.178. The van der Waals surface area contributed by atoms with Crippen LogP contribution in [0.2, 0.25) is 10.0 Å². The Morgan fingerprint density at radius 2 is 2.16 bits per heavy atom. The standard InChI is InChI=1S/C19H15BrCl2N2O/c1-2-8-25-15-7-6-13(21)18(22)17(15)11-9-16-23-19-12(20)4-3-5-14(19)24(16)10-11/h2-7,11H,1,8-10H2. The summed E-state index contributed by atoms with van der Waals surface area (Å²) in [5, 5.41) is 1.10. The second kappa shape index (κ2) is 6.67. The monoisotopic (exact) mass is 436 g/mol. The van der Waals surface area contributed by atoms with Gasteiger partial charge in [0.15, 0.2) is 0 Å². The first-order chi connectivity index (χ1) is 12.1. The highest BCUT2D eigenvalue weighted by Gasteiger charge is 2.31. The van der Waals surface area contributed by atoms with Gasteiger partial charge in [0, 0.05) is 28.9 Å². The summed E-state index contributed by atoms with van der Waals surface area (Å²) in [4.78, 5) is 4.80. The van der Waals surface area contributed by atoms with Gasteiger partial charge in [-0.1, -0.05) is 41.9 Å². The summed E-state index contributed by atoms with van der Waals surface area (Å²) in [5.74, 6) is 1.99. The van der Waals surface area contributed by atoms with Crippen LogP contribution in [0, 0.1) is 0 Å². The number of para-hydroxylation sites is 1. The molecule has 6 heteroatoms. The molecule has 2 aromatic carbocycles. The lowest BCUT2D eigenvalue weighted by atomic mass is 9.96. The van der Waals surface area contributed by atoms with E-state index in [9.17, 15) is 0 Å². The van der Waals surface area contributed by atoms with Crippen LogP contribution >= 0.6 is 39.1 Å². The molecule has 1 atom stereocenters. The van der Waals surface area contributed by atoms with Crippen molar-refractivity contribution < 1.29 is 4.74 Å². The number of halogens is 3. The molecule has 0 fully saturated rings. The summed E-state index contributed by atoms with van der Waals surface area (Å²) in [6, 6.07) is 9.78. The number of fused-ring (bicyclic) bond motifs is 3. The van der Waals surface area contributed by atoms with Gasteiger partial charge in [-0.15, -0.1) is 0 Å². The van der Waals surface area contributed by atoms with Gasteiger partial charge in [0.05, 0.1) is 15.6 Å². The maximum absolute atomic E-state index is 6.54. The normalized spacial score (nSPS) is 16.2. The van der Waals surface area contributed by atoms with E-state index < -0.39 is 0 Å². The number of imidazole rings is 1. The lowest BCUT2D eigenvalue weighted by molar-refractivity contribution is 0.356. The molecule has 1 aliphatic rings. The largest absolute Gasteiger partial charge is 0.489 e. The third kappa shape index (κ3) is 2.86. The molecule has 25 heavy (non-hydrogen) atoms. The van der Waals surface area contributed by atoms with Gasteiger partial charge in [0.1, 0.15) is 23.7 Å². The van der Waals surface area contributed by atoms with Crippen molar-refractivity contribution in [1.29, 1.82) is 0 Å². The molecule has 3 aromatic rings. The van der Waals surface area contributed by atoms with Crippen molar-refractivity contribution in [3.8, 4) is 5.75 Å². The molecule has 128 valence electrons. The minimum absolute atomic E-state index is 0.178. The van der Waals surface area contributed by atoms with Crippen molar-refractivity contribution in [2.24, 2.45) is 0 Å². The summed E-state index contributed by atoms with van der Waals surface area (Å²) >= 11 is 16.4. The van der Waals surface area contributed by atoms with Gasteiger partial charge in [-0.25, -0.2) is 4.98 Å². The van der Waals surface area contributed by atoms with E-state index in [4.69, 9.17) is 32.9 Å². The summed E-state index contributed by atoms with van der Waals surface area (Å²) in [6.45, 7) is 4.93. The number of hydrogen-bond acceptors (Lipinski definition) is 2. The topological polar surface area (TPSA) is 27.1 Å². The molecule has 0 N–H and O–H groups in total. The Hall–Kier alpha value is -1.49. The van der Waals surface area contributed by atoms with Crippen LogP contribution < -0.4 is 4.74 Å². The molecule has 0 bridgehead atoms. The van der Waals surface area contributed by atoms with E-state index in [-0.39, 0.29) is 5.92 Å². The van der Waals surface area contributed by atoms with Crippen LogP contribution in [-0.2, 0) is 13.0 Å². The quantitative estimate of drug-likeness (QED) is 0.467. The van der Waals surface area contributed by atoms with Crippen molar-refractivity contribution in [2.75, 3.05) is 6.61 Å². The lowest BCUT2D eigenvalue weighted by Crippen LogP contribution is -2.06. The molecule has 0 radical (unpaired) electrons. The Kier molecular flexibility index (Phi) is 4.52. The van der Waals surface area contributed by atoms with Crippen molar-refractivity contribution in [1.82, 2.24) is 9.55 Å². The van der Waals surface area contributed by atoms with Gasteiger partial charge in [0.2, 0.25) is 0 Å². The highest BCUT2D eigenvalue weighted by Crippen LogP contribution is 2.43. The van der Waals surface area contributed by atoms with Crippen molar-refractivity contribution >= 4 is 50.2 Å². The van der Waals surface area contributed by atoms with Gasteiger partial charge in [0.25, 0.3) is 0 Å². The van der Waals surface area contributed by atoms with Crippen LogP contribution in [0.15, 0.2) is 47.5 Å². The summed E-state index contributed by atoms with van der Waals surface area (Å²) in [6.07, 6.45) is 2.52. The lowest BCUT2D eigenvalue weighted by Gasteiger charge is -2.18. The zero-order chi connectivity index (χ0) is 17.6. The third-order valence-electron chi connectivity index (χ3n) is 4.50. The fourth-order valence-electron chi connectivity index (χ4n) is 3.42. The van der Waals surface area contributed by atoms with E-state index >= 15 is 0 Å². The summed E-state index contributed by atoms with van der Waals surface area (Å²) < 4.78 is 9.08. The first-order valence-corrected chi connectivity index (χ1v) is 9.50. The van der Waals surface area contributed by atoms with E-state index in [1.807, 2.05) is 18.2 Å². The Bertz CT molecular complexity index is 983. The Morgan fingerprint density at radius 3 is 2.96 bits per heavy atom. The average molecular weight is 438 g/mol. The van der Waals surface area contributed by atoms with Crippen LogP contribution in [0.25, 0.3) is 11.0 Å². The fraction of sp³-hybridized carbons (Fsp3) is 0.211. The minimum Gasteiger partial charge on any atom is -0.489 e. The number of ether oxygens (including phenoxy) is 1. The Labute approximate surface area is 164 Å². The zero-order valence-electron chi connectivity index (χ0n) is 13.3. The maximum atomic E-state index is 6.54. The van der Waals surface area contributed by atoms with Crippen molar-refractivity contribution in [2.45, 2.75) is 18.9 Å². The second-order valence-electron chi connectivity index (χ2n) is 6.02. The molecule has 0 saturated heterocycles. The average Bonchev–Trinajstić information content (AvgIpc) is 3.15.